The Hall–Kier alpha value is -2.86. The number of benzene rings is 2. The summed E-state index contributed by atoms with van der Waals surface area (Å²) in [6.45, 7) is 0. The molecule has 118 valence electrons. The molecule has 0 bridgehead atoms. The van der Waals surface area contributed by atoms with Gasteiger partial charge in [-0.05, 0) is 36.4 Å². The quantitative estimate of drug-likeness (QED) is 0.666. The van der Waals surface area contributed by atoms with Crippen molar-refractivity contribution >= 4 is 29.4 Å². The number of nitrogens with one attached hydrogen (secondary N) is 2. The number of amides is 2. The minimum absolute atomic E-state index is 0.246. The largest absolute Gasteiger partial charge is 0.465 e. The highest BCUT2D eigenvalue weighted by Crippen LogP contribution is 2.14. The zero-order valence-electron chi connectivity index (χ0n) is 12.1. The molecule has 0 saturated heterocycles. The zero-order chi connectivity index (χ0) is 16.8. The molecule has 0 unspecified atom stereocenters. The third kappa shape index (κ3) is 4.08. The van der Waals surface area contributed by atoms with Gasteiger partial charge in [0.2, 0.25) is 0 Å². The number of hydrogen-bond donors (Lipinski definition) is 2. The van der Waals surface area contributed by atoms with Crippen LogP contribution in [-0.4, -0.2) is 24.9 Å². The third-order valence-electron chi connectivity index (χ3n) is 2.98. The Morgan fingerprint density at radius 3 is 2.04 bits per heavy atom. The Labute approximate surface area is 137 Å². The Kier molecular flexibility index (Phi) is 5.32. The molecule has 7 heteroatoms. The predicted molar refractivity (Wildman–Crippen MR) is 84.2 cm³/mol. The summed E-state index contributed by atoms with van der Waals surface area (Å²) in [6.07, 6.45) is 0. The van der Waals surface area contributed by atoms with Gasteiger partial charge in [-0.1, -0.05) is 23.7 Å². The number of halogens is 1. The molecule has 0 heterocycles. The molecule has 0 radical (unpaired) electrons. The van der Waals surface area contributed by atoms with Crippen LogP contribution in [0.4, 0.5) is 0 Å². The number of methoxy groups -OCH3 is 1. The summed E-state index contributed by atoms with van der Waals surface area (Å²) < 4.78 is 4.57. The SMILES string of the molecule is COC(=O)c1ccc(C(=O)NNC(=O)c2ccccc2Cl)cc1. The second-order valence-electron chi connectivity index (χ2n) is 4.46. The van der Waals surface area contributed by atoms with Gasteiger partial charge in [-0.25, -0.2) is 4.79 Å². The van der Waals surface area contributed by atoms with E-state index in [2.05, 4.69) is 15.6 Å². The van der Waals surface area contributed by atoms with Crippen LogP contribution < -0.4 is 10.9 Å². The second-order valence-corrected chi connectivity index (χ2v) is 4.86. The van der Waals surface area contributed by atoms with Crippen LogP contribution in [0.25, 0.3) is 0 Å². The Bertz CT molecular complexity index is 744. The number of carbonyl (C=O) groups is 3. The molecule has 0 saturated carbocycles. The Balaban J connectivity index is 1.98. The highest BCUT2D eigenvalue weighted by Gasteiger charge is 2.12. The maximum Gasteiger partial charge on any atom is 0.337 e. The summed E-state index contributed by atoms with van der Waals surface area (Å²) in [5.41, 5.74) is 5.39. The number of carbonyl (C=O) groups excluding carboxylic acids is 3. The number of ether oxygens (including phenoxy) is 1. The van der Waals surface area contributed by atoms with Crippen LogP contribution in [-0.2, 0) is 4.74 Å². The number of rotatable bonds is 3. The van der Waals surface area contributed by atoms with Gasteiger partial charge < -0.3 is 4.74 Å². The van der Waals surface area contributed by atoms with Crippen molar-refractivity contribution in [2.24, 2.45) is 0 Å². The van der Waals surface area contributed by atoms with Crippen LogP contribution >= 0.6 is 11.6 Å². The van der Waals surface area contributed by atoms with E-state index < -0.39 is 17.8 Å². The van der Waals surface area contributed by atoms with Crippen LogP contribution in [0.1, 0.15) is 31.1 Å². The van der Waals surface area contributed by atoms with E-state index in [0.29, 0.717) is 5.56 Å². The second kappa shape index (κ2) is 7.42. The maximum absolute atomic E-state index is 11.9. The molecule has 2 aromatic carbocycles. The summed E-state index contributed by atoms with van der Waals surface area (Å²) in [6, 6.07) is 12.3. The highest BCUT2D eigenvalue weighted by molar-refractivity contribution is 6.33. The first-order valence-electron chi connectivity index (χ1n) is 6.56. The molecular weight excluding hydrogens is 320 g/mol. The van der Waals surface area contributed by atoms with Crippen molar-refractivity contribution in [1.82, 2.24) is 10.9 Å². The Morgan fingerprint density at radius 2 is 1.43 bits per heavy atom. The fourth-order valence-corrected chi connectivity index (χ4v) is 2.00. The van der Waals surface area contributed by atoms with Crippen molar-refractivity contribution in [1.29, 1.82) is 0 Å². The van der Waals surface area contributed by atoms with Crippen molar-refractivity contribution in [2.75, 3.05) is 7.11 Å². The fourth-order valence-electron chi connectivity index (χ4n) is 1.77. The average Bonchev–Trinajstić information content (AvgIpc) is 2.59. The van der Waals surface area contributed by atoms with E-state index in [9.17, 15) is 14.4 Å². The van der Waals surface area contributed by atoms with Crippen molar-refractivity contribution < 1.29 is 19.1 Å². The molecule has 0 atom stereocenters. The topological polar surface area (TPSA) is 84.5 Å². The Morgan fingerprint density at radius 1 is 0.870 bits per heavy atom. The van der Waals surface area contributed by atoms with Crippen molar-refractivity contribution in [3.05, 3.63) is 70.2 Å². The summed E-state index contributed by atoms with van der Waals surface area (Å²) in [5, 5.41) is 0.279. The van der Waals surface area contributed by atoms with Gasteiger partial charge in [0.1, 0.15) is 0 Å². The zero-order valence-corrected chi connectivity index (χ0v) is 12.9. The maximum atomic E-state index is 11.9. The molecule has 2 aromatic rings. The first kappa shape index (κ1) is 16.5. The van der Waals surface area contributed by atoms with E-state index in [0.717, 1.165) is 0 Å². The molecule has 0 aliphatic rings. The highest BCUT2D eigenvalue weighted by atomic mass is 35.5. The number of hydrogen-bond acceptors (Lipinski definition) is 4. The minimum atomic E-state index is -0.532. The lowest BCUT2D eigenvalue weighted by molar-refractivity contribution is 0.0600. The van der Waals surface area contributed by atoms with E-state index >= 15 is 0 Å². The average molecular weight is 333 g/mol. The molecule has 2 N–H and O–H groups in total. The fraction of sp³-hybridized carbons (Fsp3) is 0.0625. The van der Waals surface area contributed by atoms with E-state index in [1.54, 1.807) is 18.2 Å². The first-order valence-corrected chi connectivity index (χ1v) is 6.94. The molecule has 6 nitrogen and oxygen atoms in total. The first-order chi connectivity index (χ1) is 11.0. The number of esters is 1. The summed E-state index contributed by atoms with van der Waals surface area (Å²) in [7, 11) is 1.27. The summed E-state index contributed by atoms with van der Waals surface area (Å²) >= 11 is 5.89. The van der Waals surface area contributed by atoms with Crippen LogP contribution in [0, 0.1) is 0 Å². The molecule has 0 aliphatic heterocycles. The van der Waals surface area contributed by atoms with Gasteiger partial charge in [-0.2, -0.15) is 0 Å². The summed E-state index contributed by atoms with van der Waals surface area (Å²) in [5.74, 6) is -1.55. The monoisotopic (exact) mass is 332 g/mol. The normalized spacial score (nSPS) is 9.83. The van der Waals surface area contributed by atoms with Gasteiger partial charge in [-0.3, -0.25) is 20.4 Å². The van der Waals surface area contributed by atoms with Gasteiger partial charge in [-0.15, -0.1) is 0 Å². The minimum Gasteiger partial charge on any atom is -0.465 e. The number of hydrazine groups is 1. The van der Waals surface area contributed by atoms with Crippen LogP contribution in [0.2, 0.25) is 5.02 Å². The summed E-state index contributed by atoms with van der Waals surface area (Å²) in [4.78, 5) is 35.2. The lowest BCUT2D eigenvalue weighted by Gasteiger charge is -2.08. The molecule has 2 rings (SSSR count). The third-order valence-corrected chi connectivity index (χ3v) is 3.31. The van der Waals surface area contributed by atoms with Crippen molar-refractivity contribution in [3.8, 4) is 0 Å². The van der Waals surface area contributed by atoms with Gasteiger partial charge in [0.05, 0.1) is 23.3 Å². The smallest absolute Gasteiger partial charge is 0.337 e. The molecule has 0 fully saturated rings. The molecule has 2 amide bonds. The lowest BCUT2D eigenvalue weighted by Crippen LogP contribution is -2.41. The molecule has 0 spiro atoms. The lowest BCUT2D eigenvalue weighted by atomic mass is 10.1. The van der Waals surface area contributed by atoms with E-state index in [-0.39, 0.29) is 16.1 Å². The van der Waals surface area contributed by atoms with E-state index in [4.69, 9.17) is 11.6 Å². The molecular formula is C16H13ClN2O4. The van der Waals surface area contributed by atoms with Crippen molar-refractivity contribution in [3.63, 3.8) is 0 Å². The standard InChI is InChI=1S/C16H13ClN2O4/c1-23-16(22)11-8-6-10(7-9-11)14(20)18-19-15(21)12-4-2-3-5-13(12)17/h2-9H,1H3,(H,18,20)(H,19,21). The van der Waals surface area contributed by atoms with E-state index in [1.807, 2.05) is 0 Å². The van der Waals surface area contributed by atoms with Gasteiger partial charge in [0.25, 0.3) is 11.8 Å². The molecule has 23 heavy (non-hydrogen) atoms. The molecule has 0 aliphatic carbocycles. The van der Waals surface area contributed by atoms with Crippen LogP contribution in [0.3, 0.4) is 0 Å². The van der Waals surface area contributed by atoms with E-state index in [1.165, 1.54) is 37.4 Å². The van der Waals surface area contributed by atoms with Crippen molar-refractivity contribution in [2.45, 2.75) is 0 Å². The van der Waals surface area contributed by atoms with Gasteiger partial charge >= 0.3 is 5.97 Å². The predicted octanol–water partition coefficient (Wildman–Crippen LogP) is 2.20. The van der Waals surface area contributed by atoms with Gasteiger partial charge in [0, 0.05) is 5.56 Å². The van der Waals surface area contributed by atoms with Crippen LogP contribution in [0.5, 0.6) is 0 Å². The van der Waals surface area contributed by atoms with Gasteiger partial charge in [0.15, 0.2) is 0 Å². The molecule has 0 aromatic heterocycles. The van der Waals surface area contributed by atoms with Crippen LogP contribution in [0.15, 0.2) is 48.5 Å².